The van der Waals surface area contributed by atoms with Crippen molar-refractivity contribution in [1.82, 2.24) is 9.78 Å². The van der Waals surface area contributed by atoms with Crippen LogP contribution in [0.15, 0.2) is 6.08 Å². The van der Waals surface area contributed by atoms with E-state index >= 15 is 0 Å². The topological polar surface area (TPSA) is 73.2 Å². The van der Waals surface area contributed by atoms with Crippen molar-refractivity contribution in [2.24, 2.45) is 7.05 Å². The van der Waals surface area contributed by atoms with Crippen molar-refractivity contribution >= 4 is 45.9 Å². The number of fused-ring (bicyclic) bond motifs is 1. The number of hydrogen-bond donors (Lipinski definition) is 1. The van der Waals surface area contributed by atoms with Gasteiger partial charge in [-0.3, -0.25) is 9.48 Å². The van der Waals surface area contributed by atoms with Gasteiger partial charge < -0.3 is 10.1 Å². The minimum Gasteiger partial charge on any atom is -0.465 e. The number of anilines is 1. The SMILES string of the molecule is COC(=O)c1c(NC(=O)/C=C/c2c(C)nn(C)c2Cl)sc2c1CCCC2. The fourth-order valence-electron chi connectivity index (χ4n) is 3.12. The molecule has 8 heteroatoms. The van der Waals surface area contributed by atoms with Crippen LogP contribution in [0.2, 0.25) is 5.15 Å². The minimum atomic E-state index is -0.408. The van der Waals surface area contributed by atoms with E-state index in [-0.39, 0.29) is 5.91 Å². The van der Waals surface area contributed by atoms with Crippen LogP contribution in [0.25, 0.3) is 6.08 Å². The van der Waals surface area contributed by atoms with Crippen molar-refractivity contribution < 1.29 is 14.3 Å². The molecule has 2 aromatic heterocycles. The number of aryl methyl sites for hydroxylation is 3. The molecule has 0 saturated carbocycles. The van der Waals surface area contributed by atoms with E-state index < -0.39 is 5.97 Å². The number of amides is 1. The van der Waals surface area contributed by atoms with Gasteiger partial charge >= 0.3 is 5.97 Å². The van der Waals surface area contributed by atoms with Crippen molar-refractivity contribution in [3.05, 3.63) is 38.5 Å². The summed E-state index contributed by atoms with van der Waals surface area (Å²) in [7, 11) is 3.10. The molecule has 2 heterocycles. The predicted molar refractivity (Wildman–Crippen MR) is 103 cm³/mol. The van der Waals surface area contributed by atoms with Crippen LogP contribution in [-0.4, -0.2) is 28.8 Å². The number of nitrogens with zero attached hydrogens (tertiary/aromatic N) is 2. The molecule has 1 amide bonds. The molecule has 0 atom stereocenters. The van der Waals surface area contributed by atoms with Crippen LogP contribution in [0.1, 0.15) is 44.9 Å². The zero-order valence-corrected chi connectivity index (χ0v) is 16.5. The van der Waals surface area contributed by atoms with Crippen LogP contribution in [0.3, 0.4) is 0 Å². The van der Waals surface area contributed by atoms with E-state index in [4.69, 9.17) is 16.3 Å². The summed E-state index contributed by atoms with van der Waals surface area (Å²) in [5.41, 5.74) is 2.94. The number of halogens is 1. The lowest BCUT2D eigenvalue weighted by molar-refractivity contribution is -0.111. The molecule has 138 valence electrons. The highest BCUT2D eigenvalue weighted by molar-refractivity contribution is 7.17. The Balaban J connectivity index is 1.84. The summed E-state index contributed by atoms with van der Waals surface area (Å²) in [5.74, 6) is -0.733. The van der Waals surface area contributed by atoms with Gasteiger partial charge in [0.05, 0.1) is 18.4 Å². The van der Waals surface area contributed by atoms with Crippen molar-refractivity contribution in [3.8, 4) is 0 Å². The van der Waals surface area contributed by atoms with Gasteiger partial charge in [-0.05, 0) is 44.2 Å². The normalized spacial score (nSPS) is 13.7. The zero-order chi connectivity index (χ0) is 18.8. The van der Waals surface area contributed by atoms with Crippen molar-refractivity contribution in [3.63, 3.8) is 0 Å². The first-order valence-corrected chi connectivity index (χ1v) is 9.52. The molecule has 0 aliphatic heterocycles. The van der Waals surface area contributed by atoms with Gasteiger partial charge in [0, 0.05) is 23.6 Å². The number of aromatic nitrogens is 2. The fraction of sp³-hybridized carbons (Fsp3) is 0.389. The van der Waals surface area contributed by atoms with Crippen molar-refractivity contribution in [2.75, 3.05) is 12.4 Å². The second kappa shape index (κ2) is 7.63. The first kappa shape index (κ1) is 18.7. The molecule has 26 heavy (non-hydrogen) atoms. The van der Waals surface area contributed by atoms with Gasteiger partial charge in [-0.1, -0.05) is 11.6 Å². The minimum absolute atomic E-state index is 0.326. The largest absolute Gasteiger partial charge is 0.465 e. The van der Waals surface area contributed by atoms with Gasteiger partial charge in [0.1, 0.15) is 10.2 Å². The second-order valence-corrected chi connectivity index (χ2v) is 7.61. The molecule has 0 saturated heterocycles. The maximum atomic E-state index is 12.4. The summed E-state index contributed by atoms with van der Waals surface area (Å²) in [6, 6.07) is 0. The Bertz CT molecular complexity index is 898. The maximum absolute atomic E-state index is 12.4. The molecular weight excluding hydrogens is 374 g/mol. The highest BCUT2D eigenvalue weighted by Crippen LogP contribution is 2.38. The lowest BCUT2D eigenvalue weighted by atomic mass is 9.95. The Hall–Kier alpha value is -2.12. The molecule has 0 unspecified atom stereocenters. The van der Waals surface area contributed by atoms with Gasteiger partial charge in [-0.25, -0.2) is 4.79 Å². The third-order valence-corrected chi connectivity index (χ3v) is 6.05. The molecule has 6 nitrogen and oxygen atoms in total. The van der Waals surface area contributed by atoms with Crippen LogP contribution < -0.4 is 5.32 Å². The molecule has 0 aromatic carbocycles. The fourth-order valence-corrected chi connectivity index (χ4v) is 4.64. The first-order chi connectivity index (χ1) is 12.4. The highest BCUT2D eigenvalue weighted by Gasteiger charge is 2.26. The lowest BCUT2D eigenvalue weighted by Crippen LogP contribution is -2.13. The Labute approximate surface area is 160 Å². The monoisotopic (exact) mass is 393 g/mol. The number of ether oxygens (including phenoxy) is 1. The van der Waals surface area contributed by atoms with Crippen LogP contribution in [0.4, 0.5) is 5.00 Å². The third kappa shape index (κ3) is 3.54. The smallest absolute Gasteiger partial charge is 0.341 e. The number of hydrogen-bond acceptors (Lipinski definition) is 5. The van der Waals surface area contributed by atoms with Gasteiger partial charge in [0.15, 0.2) is 0 Å². The Morgan fingerprint density at radius 3 is 2.73 bits per heavy atom. The molecule has 0 bridgehead atoms. The van der Waals surface area contributed by atoms with Crippen LogP contribution >= 0.6 is 22.9 Å². The van der Waals surface area contributed by atoms with Gasteiger partial charge in [0.2, 0.25) is 5.91 Å². The van der Waals surface area contributed by atoms with E-state index in [1.54, 1.807) is 17.8 Å². The summed E-state index contributed by atoms with van der Waals surface area (Å²) < 4.78 is 6.47. The van der Waals surface area contributed by atoms with E-state index in [2.05, 4.69) is 10.4 Å². The molecule has 0 spiro atoms. The van der Waals surface area contributed by atoms with Gasteiger partial charge in [-0.2, -0.15) is 5.10 Å². The van der Waals surface area contributed by atoms with E-state index in [0.717, 1.165) is 41.8 Å². The Kier molecular flexibility index (Phi) is 5.48. The molecule has 3 rings (SSSR count). The van der Waals surface area contributed by atoms with Crippen molar-refractivity contribution in [2.45, 2.75) is 32.6 Å². The molecule has 1 N–H and O–H groups in total. The number of nitrogens with one attached hydrogen (secondary N) is 1. The van der Waals surface area contributed by atoms with Crippen LogP contribution in [-0.2, 0) is 29.4 Å². The van der Waals surface area contributed by atoms with Crippen LogP contribution in [0, 0.1) is 6.92 Å². The number of carbonyl (C=O) groups excluding carboxylic acids is 2. The molecule has 0 fully saturated rings. The van der Waals surface area contributed by atoms with Crippen molar-refractivity contribution in [1.29, 1.82) is 0 Å². The average Bonchev–Trinajstić information content (AvgIpc) is 3.09. The number of methoxy groups -OCH3 is 1. The van der Waals surface area contributed by atoms with Gasteiger partial charge in [0.25, 0.3) is 0 Å². The zero-order valence-electron chi connectivity index (χ0n) is 14.9. The highest BCUT2D eigenvalue weighted by atomic mass is 35.5. The average molecular weight is 394 g/mol. The van der Waals surface area contributed by atoms with Gasteiger partial charge in [-0.15, -0.1) is 11.3 Å². The number of rotatable bonds is 4. The summed E-state index contributed by atoms with van der Waals surface area (Å²) >= 11 is 7.63. The first-order valence-electron chi connectivity index (χ1n) is 8.33. The van der Waals surface area contributed by atoms with E-state index in [1.807, 2.05) is 6.92 Å². The summed E-state index contributed by atoms with van der Waals surface area (Å²) in [4.78, 5) is 25.7. The number of esters is 1. The maximum Gasteiger partial charge on any atom is 0.341 e. The Morgan fingerprint density at radius 2 is 2.08 bits per heavy atom. The molecular formula is C18H20ClN3O3S. The molecule has 1 aliphatic rings. The second-order valence-electron chi connectivity index (χ2n) is 6.14. The summed E-state index contributed by atoms with van der Waals surface area (Å²) in [6.45, 7) is 1.83. The van der Waals surface area contributed by atoms with E-state index in [9.17, 15) is 9.59 Å². The number of thiophene rings is 1. The number of carbonyl (C=O) groups is 2. The summed E-state index contributed by atoms with van der Waals surface area (Å²) in [6.07, 6.45) is 6.94. The van der Waals surface area contributed by atoms with Crippen LogP contribution in [0.5, 0.6) is 0 Å². The van der Waals surface area contributed by atoms with E-state index in [1.165, 1.54) is 24.5 Å². The Morgan fingerprint density at radius 1 is 1.35 bits per heavy atom. The third-order valence-electron chi connectivity index (χ3n) is 4.40. The standard InChI is InChI=1S/C18H20ClN3O3S/c1-10-11(16(19)22(2)21-10)8-9-14(23)20-17-15(18(24)25-3)12-6-4-5-7-13(12)26-17/h8-9H,4-7H2,1-3H3,(H,20,23)/b9-8+. The predicted octanol–water partition coefficient (Wildman–Crippen LogP) is 3.76. The summed E-state index contributed by atoms with van der Waals surface area (Å²) in [5, 5.41) is 8.04. The molecule has 2 aromatic rings. The van der Waals surface area contributed by atoms with E-state index in [0.29, 0.717) is 21.3 Å². The lowest BCUT2D eigenvalue weighted by Gasteiger charge is -2.11. The molecule has 1 aliphatic carbocycles. The molecule has 0 radical (unpaired) electrons. The quantitative estimate of drug-likeness (QED) is 0.634.